The smallest absolute Gasteiger partial charge is 0.255 e. The van der Waals surface area contributed by atoms with Crippen molar-refractivity contribution >= 4 is 23.4 Å². The Morgan fingerprint density at radius 1 is 1.22 bits per heavy atom. The molecule has 1 aliphatic heterocycles. The molecule has 1 saturated heterocycles. The number of para-hydroxylation sites is 1. The minimum atomic E-state index is -0.219. The molecule has 0 aromatic heterocycles. The van der Waals surface area contributed by atoms with Crippen LogP contribution in [0.25, 0.3) is 0 Å². The van der Waals surface area contributed by atoms with Crippen LogP contribution in [-0.4, -0.2) is 35.8 Å². The molecule has 0 radical (unpaired) electrons. The molecule has 2 amide bonds. The molecule has 1 atom stereocenters. The first kappa shape index (κ1) is 19.2. The molecule has 1 N–H and O–H groups in total. The van der Waals surface area contributed by atoms with Gasteiger partial charge in [-0.05, 0) is 31.5 Å². The van der Waals surface area contributed by atoms with Gasteiger partial charge in [-0.3, -0.25) is 9.59 Å². The lowest BCUT2D eigenvalue weighted by atomic mass is 10.1. The highest BCUT2D eigenvalue weighted by molar-refractivity contribution is 6.31. The minimum Gasteiger partial charge on any atom is -0.488 e. The summed E-state index contributed by atoms with van der Waals surface area (Å²) in [4.78, 5) is 26.2. The van der Waals surface area contributed by atoms with Crippen molar-refractivity contribution in [3.63, 3.8) is 0 Å². The van der Waals surface area contributed by atoms with Gasteiger partial charge in [0.15, 0.2) is 0 Å². The number of ether oxygens (including phenoxy) is 1. The van der Waals surface area contributed by atoms with Crippen LogP contribution in [0.2, 0.25) is 5.02 Å². The lowest BCUT2D eigenvalue weighted by Gasteiger charge is -2.22. The van der Waals surface area contributed by atoms with E-state index in [-0.39, 0.29) is 24.5 Å². The number of amides is 2. The van der Waals surface area contributed by atoms with Gasteiger partial charge in [0.2, 0.25) is 5.91 Å². The predicted molar refractivity (Wildman–Crippen MR) is 105 cm³/mol. The third-order valence-corrected chi connectivity index (χ3v) is 4.88. The maximum atomic E-state index is 12.7. The highest BCUT2D eigenvalue weighted by Gasteiger charge is 2.23. The molecular formula is C21H23ClN2O3. The number of hydrogen-bond donors (Lipinski definition) is 1. The molecule has 1 heterocycles. The number of rotatable bonds is 7. The molecule has 27 heavy (non-hydrogen) atoms. The van der Waals surface area contributed by atoms with Crippen LogP contribution in [0.15, 0.2) is 48.5 Å². The van der Waals surface area contributed by atoms with Crippen molar-refractivity contribution in [1.82, 2.24) is 10.2 Å². The Morgan fingerprint density at radius 2 is 1.96 bits per heavy atom. The van der Waals surface area contributed by atoms with Gasteiger partial charge in [-0.25, -0.2) is 0 Å². The maximum absolute atomic E-state index is 12.7. The highest BCUT2D eigenvalue weighted by atomic mass is 35.5. The molecule has 0 saturated carbocycles. The first-order valence-electron chi connectivity index (χ1n) is 9.08. The highest BCUT2D eigenvalue weighted by Crippen LogP contribution is 2.22. The topological polar surface area (TPSA) is 58.6 Å². The Balaban J connectivity index is 1.63. The first-order valence-corrected chi connectivity index (χ1v) is 9.46. The summed E-state index contributed by atoms with van der Waals surface area (Å²) in [7, 11) is 0. The van der Waals surface area contributed by atoms with E-state index in [9.17, 15) is 9.59 Å². The fraction of sp³-hybridized carbons (Fsp3) is 0.333. The standard InChI is InChI=1S/C21H23ClN2O3/c1-15(13-24-12-6-11-20(24)25)23-21(26)17-8-3-5-10-19(17)27-14-16-7-2-4-9-18(16)22/h2-5,7-10,15H,6,11-14H2,1H3,(H,23,26). The normalized spacial score (nSPS) is 14.9. The van der Waals surface area contributed by atoms with Gasteiger partial charge in [0.05, 0.1) is 5.56 Å². The number of carbonyl (C=O) groups excluding carboxylic acids is 2. The molecule has 2 aromatic rings. The molecule has 6 heteroatoms. The summed E-state index contributed by atoms with van der Waals surface area (Å²) in [5, 5.41) is 3.58. The molecule has 0 spiro atoms. The van der Waals surface area contributed by atoms with Crippen molar-refractivity contribution in [1.29, 1.82) is 0 Å². The van der Waals surface area contributed by atoms with Crippen molar-refractivity contribution < 1.29 is 14.3 Å². The molecule has 5 nitrogen and oxygen atoms in total. The summed E-state index contributed by atoms with van der Waals surface area (Å²) in [6.45, 7) is 3.46. The number of halogens is 1. The fourth-order valence-electron chi connectivity index (χ4n) is 3.13. The Bertz CT molecular complexity index is 825. The van der Waals surface area contributed by atoms with Gasteiger partial charge in [0.1, 0.15) is 12.4 Å². The van der Waals surface area contributed by atoms with Crippen LogP contribution in [0, 0.1) is 0 Å². The molecule has 142 valence electrons. The summed E-state index contributed by atoms with van der Waals surface area (Å²) < 4.78 is 5.85. The molecule has 1 fully saturated rings. The van der Waals surface area contributed by atoms with E-state index in [0.29, 0.717) is 29.3 Å². The zero-order chi connectivity index (χ0) is 19.2. The number of hydrogen-bond acceptors (Lipinski definition) is 3. The van der Waals surface area contributed by atoms with Gasteiger partial charge >= 0.3 is 0 Å². The van der Waals surface area contributed by atoms with Crippen LogP contribution in [-0.2, 0) is 11.4 Å². The monoisotopic (exact) mass is 386 g/mol. The number of benzene rings is 2. The zero-order valence-corrected chi connectivity index (χ0v) is 16.0. The summed E-state index contributed by atoms with van der Waals surface area (Å²) in [6.07, 6.45) is 1.48. The Hall–Kier alpha value is -2.53. The van der Waals surface area contributed by atoms with Gasteiger partial charge in [-0.2, -0.15) is 0 Å². The Labute approximate surface area is 164 Å². The predicted octanol–water partition coefficient (Wildman–Crippen LogP) is 3.66. The first-order chi connectivity index (χ1) is 13.0. The number of nitrogens with one attached hydrogen (secondary N) is 1. The molecule has 3 rings (SSSR count). The zero-order valence-electron chi connectivity index (χ0n) is 15.3. The maximum Gasteiger partial charge on any atom is 0.255 e. The average molecular weight is 387 g/mol. The van der Waals surface area contributed by atoms with Crippen molar-refractivity contribution in [2.75, 3.05) is 13.1 Å². The van der Waals surface area contributed by atoms with E-state index in [1.165, 1.54) is 0 Å². The van der Waals surface area contributed by atoms with Crippen LogP contribution in [0.1, 0.15) is 35.7 Å². The largest absolute Gasteiger partial charge is 0.488 e. The van der Waals surface area contributed by atoms with E-state index in [0.717, 1.165) is 18.5 Å². The summed E-state index contributed by atoms with van der Waals surface area (Å²) in [6, 6.07) is 14.4. The second kappa shape index (κ2) is 8.91. The van der Waals surface area contributed by atoms with Gasteiger partial charge < -0.3 is 15.0 Å². The van der Waals surface area contributed by atoms with E-state index >= 15 is 0 Å². The third kappa shape index (κ3) is 5.01. The number of nitrogens with zero attached hydrogens (tertiary/aromatic N) is 1. The lowest BCUT2D eigenvalue weighted by molar-refractivity contribution is -0.127. The molecule has 0 bridgehead atoms. The van der Waals surface area contributed by atoms with Crippen LogP contribution in [0.3, 0.4) is 0 Å². The molecule has 1 aliphatic rings. The van der Waals surface area contributed by atoms with E-state index in [4.69, 9.17) is 16.3 Å². The summed E-state index contributed by atoms with van der Waals surface area (Å²) >= 11 is 6.16. The van der Waals surface area contributed by atoms with Gasteiger partial charge in [-0.1, -0.05) is 41.9 Å². The van der Waals surface area contributed by atoms with Gasteiger partial charge in [0.25, 0.3) is 5.91 Å². The molecule has 2 aromatic carbocycles. The minimum absolute atomic E-state index is 0.142. The van der Waals surface area contributed by atoms with Crippen LogP contribution in [0.4, 0.5) is 0 Å². The Morgan fingerprint density at radius 3 is 2.70 bits per heavy atom. The third-order valence-electron chi connectivity index (χ3n) is 4.52. The summed E-state index contributed by atoms with van der Waals surface area (Å²) in [5.74, 6) is 0.433. The van der Waals surface area contributed by atoms with Crippen LogP contribution >= 0.6 is 11.6 Å². The average Bonchev–Trinajstić information content (AvgIpc) is 3.05. The van der Waals surface area contributed by atoms with Crippen LogP contribution < -0.4 is 10.1 Å². The van der Waals surface area contributed by atoms with Crippen molar-refractivity contribution in [3.8, 4) is 5.75 Å². The van der Waals surface area contributed by atoms with E-state index in [1.807, 2.05) is 31.2 Å². The number of likely N-dealkylation sites (tertiary alicyclic amines) is 1. The summed E-state index contributed by atoms with van der Waals surface area (Å²) in [5.41, 5.74) is 1.32. The van der Waals surface area contributed by atoms with Gasteiger partial charge in [0, 0.05) is 36.1 Å². The SMILES string of the molecule is CC(CN1CCCC1=O)NC(=O)c1ccccc1OCc1ccccc1Cl. The van der Waals surface area contributed by atoms with E-state index in [1.54, 1.807) is 29.2 Å². The molecular weight excluding hydrogens is 364 g/mol. The van der Waals surface area contributed by atoms with E-state index < -0.39 is 0 Å². The molecule has 1 unspecified atom stereocenters. The van der Waals surface area contributed by atoms with Gasteiger partial charge in [-0.15, -0.1) is 0 Å². The lowest BCUT2D eigenvalue weighted by Crippen LogP contribution is -2.42. The number of carbonyl (C=O) groups is 2. The van der Waals surface area contributed by atoms with Crippen LogP contribution in [0.5, 0.6) is 5.75 Å². The second-order valence-electron chi connectivity index (χ2n) is 6.69. The Kier molecular flexibility index (Phi) is 6.35. The quantitative estimate of drug-likeness (QED) is 0.790. The fourth-order valence-corrected chi connectivity index (χ4v) is 3.32. The van der Waals surface area contributed by atoms with E-state index in [2.05, 4.69) is 5.32 Å². The van der Waals surface area contributed by atoms with Crippen molar-refractivity contribution in [2.24, 2.45) is 0 Å². The molecule has 0 aliphatic carbocycles. The second-order valence-corrected chi connectivity index (χ2v) is 7.10. The van der Waals surface area contributed by atoms with Crippen molar-refractivity contribution in [2.45, 2.75) is 32.4 Å². The van der Waals surface area contributed by atoms with Crippen molar-refractivity contribution in [3.05, 3.63) is 64.7 Å².